The van der Waals surface area contributed by atoms with Crippen LogP contribution in [0.2, 0.25) is 0 Å². The number of hydrogen-bond acceptors (Lipinski definition) is 5. The minimum atomic E-state index is -3.35. The number of benzene rings is 2. The van der Waals surface area contributed by atoms with Gasteiger partial charge in [0.2, 0.25) is 10.0 Å². The summed E-state index contributed by atoms with van der Waals surface area (Å²) in [6.07, 6.45) is 21.3. The first-order valence-electron chi connectivity index (χ1n) is 17.2. The van der Waals surface area contributed by atoms with E-state index in [9.17, 15) is 13.2 Å². The predicted molar refractivity (Wildman–Crippen MR) is 183 cm³/mol. The number of unbranched alkanes of at least 4 members (excludes halogenated alkanes) is 11. The third-order valence-corrected chi connectivity index (χ3v) is 9.72. The van der Waals surface area contributed by atoms with Crippen molar-refractivity contribution < 1.29 is 17.9 Å². The van der Waals surface area contributed by atoms with Crippen LogP contribution in [0.25, 0.3) is 0 Å². The summed E-state index contributed by atoms with van der Waals surface area (Å²) < 4.78 is 31.7. The van der Waals surface area contributed by atoms with Crippen molar-refractivity contribution in [3.8, 4) is 0 Å². The number of fused-ring (bicyclic) bond motifs is 2. The van der Waals surface area contributed by atoms with Crippen LogP contribution >= 0.6 is 0 Å². The number of carbonyl (C=O) groups excluding carboxylic acids is 1. The first-order chi connectivity index (χ1) is 21.2. The van der Waals surface area contributed by atoms with E-state index in [2.05, 4.69) is 40.9 Å². The molecule has 7 nitrogen and oxygen atoms in total. The molecule has 0 spiro atoms. The Morgan fingerprint density at radius 1 is 0.886 bits per heavy atom. The van der Waals surface area contributed by atoms with Crippen LogP contribution in [-0.4, -0.2) is 33.9 Å². The van der Waals surface area contributed by atoms with Crippen LogP contribution in [0, 0.1) is 6.92 Å². The molecule has 2 aliphatic rings. The monoisotopic (exact) mass is 625 g/mol. The molecule has 1 aliphatic heterocycles. The van der Waals surface area contributed by atoms with Gasteiger partial charge in [-0.1, -0.05) is 83.6 Å². The summed E-state index contributed by atoms with van der Waals surface area (Å²) in [5, 5.41) is 3.02. The van der Waals surface area contributed by atoms with E-state index in [4.69, 9.17) is 4.74 Å². The van der Waals surface area contributed by atoms with Gasteiger partial charge in [0.1, 0.15) is 6.10 Å². The molecule has 1 unspecified atom stereocenters. The number of sulfonamides is 1. The number of nitrogens with one attached hydrogen (secondary N) is 2. The van der Waals surface area contributed by atoms with Gasteiger partial charge in [-0.25, -0.2) is 13.2 Å². The molecule has 2 aromatic carbocycles. The molecule has 1 aliphatic carbocycles. The van der Waals surface area contributed by atoms with Gasteiger partial charge in [0, 0.05) is 30.2 Å². The van der Waals surface area contributed by atoms with Gasteiger partial charge in [-0.05, 0) is 92.0 Å². The Bertz CT molecular complexity index is 1330. The Labute approximate surface area is 266 Å². The average Bonchev–Trinajstić information content (AvgIpc) is 2.97. The molecule has 2 aromatic rings. The lowest BCUT2D eigenvalue weighted by atomic mass is 9.89. The van der Waals surface area contributed by atoms with E-state index in [0.717, 1.165) is 73.8 Å². The van der Waals surface area contributed by atoms with E-state index in [1.807, 2.05) is 12.1 Å². The molecule has 4 rings (SSSR count). The van der Waals surface area contributed by atoms with Gasteiger partial charge in [-0.15, -0.1) is 0 Å². The number of anilines is 3. The zero-order valence-electron chi connectivity index (χ0n) is 27.4. The first-order valence-corrected chi connectivity index (χ1v) is 19.1. The summed E-state index contributed by atoms with van der Waals surface area (Å²) in [5.74, 6) is 0. The van der Waals surface area contributed by atoms with Gasteiger partial charge < -0.3 is 9.64 Å². The number of nitrogens with zero attached hydrogens (tertiary/aromatic N) is 1. The molecule has 1 atom stereocenters. The SMILES string of the molecule is CCCCCCCCCCCCCCN1CCCc2cc(NC(=O)OC3CCCc4cc(NS(C)(=O)=O)ccc43)c(C)cc21. The molecule has 1 heterocycles. The maximum absolute atomic E-state index is 13.0. The van der Waals surface area contributed by atoms with E-state index in [-0.39, 0.29) is 6.10 Å². The lowest BCUT2D eigenvalue weighted by Gasteiger charge is -2.32. The van der Waals surface area contributed by atoms with E-state index < -0.39 is 16.1 Å². The number of amides is 1. The summed E-state index contributed by atoms with van der Waals surface area (Å²) >= 11 is 0. The number of ether oxygens (including phenoxy) is 1. The quantitative estimate of drug-likeness (QED) is 0.171. The summed E-state index contributed by atoms with van der Waals surface area (Å²) in [5.41, 5.74) is 6.96. The molecule has 1 amide bonds. The molecule has 0 saturated carbocycles. The third kappa shape index (κ3) is 10.7. The van der Waals surface area contributed by atoms with E-state index >= 15 is 0 Å². The highest BCUT2D eigenvalue weighted by Gasteiger charge is 2.25. The van der Waals surface area contributed by atoms with Gasteiger partial charge in [-0.3, -0.25) is 10.0 Å². The summed E-state index contributed by atoms with van der Waals surface area (Å²) in [7, 11) is -3.35. The fraction of sp³-hybridized carbons (Fsp3) is 0.639. The molecule has 44 heavy (non-hydrogen) atoms. The largest absolute Gasteiger partial charge is 0.441 e. The number of rotatable bonds is 17. The van der Waals surface area contributed by atoms with Gasteiger partial charge in [0.05, 0.1) is 6.26 Å². The van der Waals surface area contributed by atoms with Crippen LogP contribution in [-0.2, 0) is 27.6 Å². The van der Waals surface area contributed by atoms with Crippen LogP contribution in [0.15, 0.2) is 30.3 Å². The second-order valence-electron chi connectivity index (χ2n) is 13.0. The Balaban J connectivity index is 1.23. The van der Waals surface area contributed by atoms with Crippen LogP contribution in [0.3, 0.4) is 0 Å². The van der Waals surface area contributed by atoms with E-state index in [1.165, 1.54) is 88.3 Å². The third-order valence-electron chi connectivity index (χ3n) is 9.11. The number of carbonyl (C=O) groups is 1. The maximum Gasteiger partial charge on any atom is 0.412 e. The molecular weight excluding hydrogens is 570 g/mol. The maximum atomic E-state index is 13.0. The minimum absolute atomic E-state index is 0.352. The van der Waals surface area contributed by atoms with Gasteiger partial charge in [-0.2, -0.15) is 0 Å². The van der Waals surface area contributed by atoms with E-state index in [0.29, 0.717) is 5.69 Å². The fourth-order valence-electron chi connectivity index (χ4n) is 6.76. The Hall–Kier alpha value is -2.74. The van der Waals surface area contributed by atoms with Gasteiger partial charge >= 0.3 is 6.09 Å². The van der Waals surface area contributed by atoms with Crippen molar-refractivity contribution in [1.29, 1.82) is 0 Å². The summed E-state index contributed by atoms with van der Waals surface area (Å²) in [6.45, 7) is 6.53. The molecule has 2 N–H and O–H groups in total. The molecule has 0 aromatic heterocycles. The van der Waals surface area contributed by atoms with Crippen LogP contribution in [0.4, 0.5) is 21.9 Å². The Morgan fingerprint density at radius 2 is 1.55 bits per heavy atom. The minimum Gasteiger partial charge on any atom is -0.441 e. The van der Waals surface area contributed by atoms with Crippen LogP contribution in [0.1, 0.15) is 132 Å². The fourth-order valence-corrected chi connectivity index (χ4v) is 7.32. The highest BCUT2D eigenvalue weighted by Crippen LogP contribution is 2.36. The van der Waals surface area contributed by atoms with E-state index in [1.54, 1.807) is 6.07 Å². The highest BCUT2D eigenvalue weighted by molar-refractivity contribution is 7.92. The Morgan fingerprint density at radius 3 is 2.23 bits per heavy atom. The predicted octanol–water partition coefficient (Wildman–Crippen LogP) is 9.45. The molecular formula is C36H55N3O4S. The second-order valence-corrected chi connectivity index (χ2v) is 14.7. The lowest BCUT2D eigenvalue weighted by Crippen LogP contribution is -2.30. The highest BCUT2D eigenvalue weighted by atomic mass is 32.2. The molecule has 0 bridgehead atoms. The normalized spacial score (nSPS) is 16.2. The zero-order chi connectivity index (χ0) is 31.4. The van der Waals surface area contributed by atoms with Crippen molar-refractivity contribution in [2.45, 2.75) is 129 Å². The van der Waals surface area contributed by atoms with Gasteiger partial charge in [0.15, 0.2) is 0 Å². The number of aryl methyl sites for hydroxylation is 3. The topological polar surface area (TPSA) is 87.7 Å². The van der Waals surface area contributed by atoms with Crippen molar-refractivity contribution in [3.63, 3.8) is 0 Å². The van der Waals surface area contributed by atoms with Gasteiger partial charge in [0.25, 0.3) is 0 Å². The van der Waals surface area contributed by atoms with Crippen LogP contribution in [0.5, 0.6) is 0 Å². The molecule has 0 radical (unpaired) electrons. The van der Waals surface area contributed by atoms with Crippen molar-refractivity contribution in [2.75, 3.05) is 34.3 Å². The summed E-state index contributed by atoms with van der Waals surface area (Å²) in [6, 6.07) is 9.82. The van der Waals surface area contributed by atoms with Crippen molar-refractivity contribution in [1.82, 2.24) is 0 Å². The summed E-state index contributed by atoms with van der Waals surface area (Å²) in [4.78, 5) is 15.6. The molecule has 0 fully saturated rings. The lowest BCUT2D eigenvalue weighted by molar-refractivity contribution is 0.0999. The molecule has 0 saturated heterocycles. The molecule has 8 heteroatoms. The standard InChI is InChI=1S/C36H55N3O4S/c1-4-5-6-7-8-9-10-11-12-13-14-15-23-39-24-17-19-30-27-33(28(2)25-34(30)39)37-36(40)43-35-20-16-18-29-26-31(21-22-32(29)35)38-44(3,41)42/h21-22,25-27,35,38H,4-20,23-24H2,1-3H3,(H,37,40). The van der Waals surface area contributed by atoms with Crippen molar-refractivity contribution >= 4 is 33.2 Å². The van der Waals surface area contributed by atoms with Crippen molar-refractivity contribution in [3.05, 3.63) is 52.6 Å². The average molecular weight is 626 g/mol. The van der Waals surface area contributed by atoms with Crippen LogP contribution < -0.4 is 14.9 Å². The molecule has 244 valence electrons. The first kappa shape index (κ1) is 34.1. The smallest absolute Gasteiger partial charge is 0.412 e. The Kier molecular flexibility index (Phi) is 13.3. The second kappa shape index (κ2) is 17.1. The van der Waals surface area contributed by atoms with Crippen molar-refractivity contribution in [2.24, 2.45) is 0 Å². The number of hydrogen-bond donors (Lipinski definition) is 2. The zero-order valence-corrected chi connectivity index (χ0v) is 28.2.